The quantitative estimate of drug-likeness (QED) is 0.348. The van der Waals surface area contributed by atoms with Gasteiger partial charge < -0.3 is 15.4 Å². The monoisotopic (exact) mass is 481 g/mol. The molecule has 0 bridgehead atoms. The molecule has 2 aromatic carbocycles. The van der Waals surface area contributed by atoms with E-state index >= 15 is 0 Å². The number of hydrogen-bond acceptors (Lipinski definition) is 6. The summed E-state index contributed by atoms with van der Waals surface area (Å²) in [4.78, 5) is 20.5. The van der Waals surface area contributed by atoms with Gasteiger partial charge in [-0.1, -0.05) is 29.3 Å². The summed E-state index contributed by atoms with van der Waals surface area (Å²) in [6.45, 7) is 2.43. The van der Waals surface area contributed by atoms with Gasteiger partial charge in [0.05, 0.1) is 32.7 Å². The Morgan fingerprint density at radius 1 is 1.18 bits per heavy atom. The van der Waals surface area contributed by atoms with Crippen LogP contribution in [0.4, 0.5) is 11.5 Å². The number of halogens is 2. The molecule has 0 amide bonds. The first-order valence-electron chi connectivity index (χ1n) is 10.5. The van der Waals surface area contributed by atoms with Crippen LogP contribution in [0.2, 0.25) is 10.0 Å². The third-order valence-electron chi connectivity index (χ3n) is 5.86. The Bertz CT molecular complexity index is 1460. The number of nitrogens with zero attached hydrogens (tertiary/aromatic N) is 3. The zero-order chi connectivity index (χ0) is 23.3. The van der Waals surface area contributed by atoms with Crippen molar-refractivity contribution in [3.63, 3.8) is 0 Å². The largest absolute Gasteiger partial charge is 0.389 e. The smallest absolute Gasteiger partial charge is 0.256 e. The Morgan fingerprint density at radius 2 is 1.94 bits per heavy atom. The van der Waals surface area contributed by atoms with Crippen LogP contribution in [0, 0.1) is 0 Å². The van der Waals surface area contributed by atoms with Gasteiger partial charge >= 0.3 is 0 Å². The topological polar surface area (TPSA) is 93.6 Å². The van der Waals surface area contributed by atoms with Gasteiger partial charge in [-0.05, 0) is 48.4 Å². The molecular weight excluding hydrogens is 461 g/mol. The Morgan fingerprint density at radius 3 is 2.61 bits per heavy atom. The van der Waals surface area contributed by atoms with Crippen LogP contribution in [0.15, 0.2) is 52.5 Å². The molecule has 2 aromatic heterocycles. The van der Waals surface area contributed by atoms with E-state index in [9.17, 15) is 9.90 Å². The highest BCUT2D eigenvalue weighted by Crippen LogP contribution is 2.38. The fourth-order valence-corrected chi connectivity index (χ4v) is 4.74. The number of hydrazone groups is 1. The molecule has 0 spiro atoms. The highest BCUT2D eigenvalue weighted by Gasteiger charge is 2.20. The van der Waals surface area contributed by atoms with E-state index in [4.69, 9.17) is 28.2 Å². The van der Waals surface area contributed by atoms with Gasteiger partial charge in [-0.2, -0.15) is 5.10 Å². The third-order valence-corrected chi connectivity index (χ3v) is 6.46. The lowest BCUT2D eigenvalue weighted by Crippen LogP contribution is -2.12. The van der Waals surface area contributed by atoms with Crippen LogP contribution >= 0.6 is 23.2 Å². The number of nitrogens with one attached hydrogen (secondary N) is 2. The van der Waals surface area contributed by atoms with Crippen molar-refractivity contribution in [1.29, 1.82) is 0 Å². The number of aromatic amines is 1. The standard InChI is InChI=1S/C24H21Cl2N5O2/c1-12(32)14-8-18(25)22(19(26)9-14)30-23-16-5-6-27-24(33)21(16)17-7-13(3-4-20(17)29-23)15-10-28-31(2)11-15/h3-10,12,15,32H,11H2,1-2H3,(H,27,33)(H,29,30)/t12-,15?/m1/s1. The summed E-state index contributed by atoms with van der Waals surface area (Å²) in [5.74, 6) is 0.618. The normalized spacial score (nSPS) is 16.6. The average Bonchev–Trinajstić information content (AvgIpc) is 3.22. The number of rotatable bonds is 4. The molecule has 2 atom stereocenters. The average molecular weight is 482 g/mol. The van der Waals surface area contributed by atoms with Gasteiger partial charge in [0.25, 0.3) is 5.56 Å². The van der Waals surface area contributed by atoms with E-state index in [1.165, 1.54) is 0 Å². The lowest BCUT2D eigenvalue weighted by Gasteiger charge is -2.16. The first-order valence-corrected chi connectivity index (χ1v) is 11.2. The summed E-state index contributed by atoms with van der Waals surface area (Å²) in [6, 6.07) is 11.0. The van der Waals surface area contributed by atoms with Crippen molar-refractivity contribution >= 4 is 62.6 Å². The van der Waals surface area contributed by atoms with Crippen LogP contribution in [-0.4, -0.2) is 39.9 Å². The lowest BCUT2D eigenvalue weighted by atomic mass is 9.97. The first-order chi connectivity index (χ1) is 15.8. The number of likely N-dealkylation sites (N-methyl/N-ethyl adjacent to an activating group) is 1. The maximum atomic E-state index is 12.9. The van der Waals surface area contributed by atoms with Gasteiger partial charge in [-0.15, -0.1) is 0 Å². The Hall–Kier alpha value is -3.13. The number of aliphatic hydroxyl groups excluding tert-OH is 1. The number of anilines is 2. The van der Waals surface area contributed by atoms with E-state index in [1.807, 2.05) is 36.5 Å². The molecule has 1 aliphatic rings. The molecule has 3 N–H and O–H groups in total. The first kappa shape index (κ1) is 21.7. The zero-order valence-corrected chi connectivity index (χ0v) is 19.4. The van der Waals surface area contributed by atoms with E-state index in [1.54, 1.807) is 31.3 Å². The van der Waals surface area contributed by atoms with Gasteiger partial charge in [-0.25, -0.2) is 4.98 Å². The Kier molecular flexibility index (Phi) is 5.48. The summed E-state index contributed by atoms with van der Waals surface area (Å²) in [6.07, 6.45) is 2.80. The van der Waals surface area contributed by atoms with Crippen molar-refractivity contribution in [3.05, 3.63) is 74.1 Å². The molecule has 0 fully saturated rings. The minimum Gasteiger partial charge on any atom is -0.389 e. The van der Waals surface area contributed by atoms with Gasteiger partial charge in [0.2, 0.25) is 0 Å². The van der Waals surface area contributed by atoms with Crippen molar-refractivity contribution in [2.24, 2.45) is 5.10 Å². The van der Waals surface area contributed by atoms with E-state index in [2.05, 4.69) is 15.4 Å². The number of aromatic nitrogens is 2. The van der Waals surface area contributed by atoms with Crippen molar-refractivity contribution in [1.82, 2.24) is 15.0 Å². The lowest BCUT2D eigenvalue weighted by molar-refractivity contribution is 0.199. The predicted molar refractivity (Wildman–Crippen MR) is 134 cm³/mol. The molecule has 9 heteroatoms. The highest BCUT2D eigenvalue weighted by molar-refractivity contribution is 6.39. The number of fused-ring (bicyclic) bond motifs is 3. The number of aliphatic hydroxyl groups is 1. The number of H-pyrrole nitrogens is 1. The molecule has 1 aliphatic heterocycles. The molecule has 5 rings (SSSR count). The minimum absolute atomic E-state index is 0.153. The predicted octanol–water partition coefficient (Wildman–Crippen LogP) is 5.19. The molecule has 33 heavy (non-hydrogen) atoms. The van der Waals surface area contributed by atoms with Gasteiger partial charge in [-0.3, -0.25) is 9.80 Å². The van der Waals surface area contributed by atoms with Crippen LogP contribution < -0.4 is 10.9 Å². The summed E-state index contributed by atoms with van der Waals surface area (Å²) < 4.78 is 0. The zero-order valence-electron chi connectivity index (χ0n) is 17.9. The van der Waals surface area contributed by atoms with Crippen molar-refractivity contribution in [3.8, 4) is 0 Å². The SMILES string of the molecule is C[C@@H](O)c1cc(Cl)c(Nc2nc3ccc(C4C=NN(C)C4)cc3c3c(=O)[nH]ccc23)c(Cl)c1. The van der Waals surface area contributed by atoms with Gasteiger partial charge in [0.15, 0.2) is 0 Å². The van der Waals surface area contributed by atoms with Crippen molar-refractivity contribution in [2.75, 3.05) is 18.9 Å². The van der Waals surface area contributed by atoms with E-state index in [-0.39, 0.29) is 11.5 Å². The van der Waals surface area contributed by atoms with Crippen molar-refractivity contribution in [2.45, 2.75) is 18.9 Å². The highest BCUT2D eigenvalue weighted by atomic mass is 35.5. The Balaban J connectivity index is 1.67. The molecule has 0 aliphatic carbocycles. The van der Waals surface area contributed by atoms with Crippen molar-refractivity contribution < 1.29 is 5.11 Å². The number of hydrogen-bond donors (Lipinski definition) is 3. The molecule has 4 aromatic rings. The second-order valence-corrected chi connectivity index (χ2v) is 9.02. The second-order valence-electron chi connectivity index (χ2n) is 8.20. The van der Waals surface area contributed by atoms with Crippen LogP contribution in [0.1, 0.15) is 30.1 Å². The summed E-state index contributed by atoms with van der Waals surface area (Å²) >= 11 is 12.9. The fourth-order valence-electron chi connectivity index (χ4n) is 4.14. The maximum absolute atomic E-state index is 12.9. The molecule has 1 unspecified atom stereocenters. The molecule has 0 saturated heterocycles. The number of benzene rings is 2. The second kappa shape index (κ2) is 8.33. The summed E-state index contributed by atoms with van der Waals surface area (Å²) in [5.41, 5.74) is 2.60. The van der Waals surface area contributed by atoms with E-state index < -0.39 is 6.10 Å². The number of pyridine rings is 2. The van der Waals surface area contributed by atoms with E-state index in [0.29, 0.717) is 43.4 Å². The maximum Gasteiger partial charge on any atom is 0.256 e. The van der Waals surface area contributed by atoms with Crippen LogP contribution in [-0.2, 0) is 0 Å². The van der Waals surface area contributed by atoms with Crippen LogP contribution in [0.5, 0.6) is 0 Å². The molecular formula is C24H21Cl2N5O2. The summed E-state index contributed by atoms with van der Waals surface area (Å²) in [7, 11) is 1.93. The fraction of sp³-hybridized carbons (Fsp3) is 0.208. The van der Waals surface area contributed by atoms with Gasteiger partial charge in [0, 0.05) is 42.7 Å². The molecule has 3 heterocycles. The molecule has 168 valence electrons. The molecule has 7 nitrogen and oxygen atoms in total. The molecule has 0 radical (unpaired) electrons. The Labute approximate surface area is 199 Å². The van der Waals surface area contributed by atoms with Gasteiger partial charge in [0.1, 0.15) is 5.82 Å². The van der Waals surface area contributed by atoms with Crippen LogP contribution in [0.25, 0.3) is 21.7 Å². The molecule has 0 saturated carbocycles. The van der Waals surface area contributed by atoms with E-state index in [0.717, 1.165) is 17.5 Å². The summed E-state index contributed by atoms with van der Waals surface area (Å²) in [5, 5.41) is 21.9. The minimum atomic E-state index is -0.703. The third kappa shape index (κ3) is 3.93. The van der Waals surface area contributed by atoms with Crippen LogP contribution in [0.3, 0.4) is 0 Å².